The number of amides is 1. The Morgan fingerprint density at radius 1 is 1.50 bits per heavy atom. The van der Waals surface area contributed by atoms with Gasteiger partial charge in [0, 0.05) is 19.0 Å². The summed E-state index contributed by atoms with van der Waals surface area (Å²) in [4.78, 5) is 20.6. The van der Waals surface area contributed by atoms with E-state index in [1.807, 2.05) is 0 Å². The summed E-state index contributed by atoms with van der Waals surface area (Å²) in [7, 11) is 0. The van der Waals surface area contributed by atoms with Crippen LogP contribution in [0, 0.1) is 0 Å². The minimum atomic E-state index is -0.974. The van der Waals surface area contributed by atoms with Crippen molar-refractivity contribution in [1.29, 1.82) is 0 Å². The second-order valence-corrected chi connectivity index (χ2v) is 2.50. The zero-order valence-electron chi connectivity index (χ0n) is 7.09. The molecule has 0 heterocycles. The third-order valence-corrected chi connectivity index (χ3v) is 1.33. The summed E-state index contributed by atoms with van der Waals surface area (Å²) in [5, 5.41) is 11.0. The topological polar surface area (TPSA) is 66.4 Å². The summed E-state index contributed by atoms with van der Waals surface area (Å²) in [6, 6.07) is 0. The standard InChI is InChI=1S/C8H13NO3/c1-6(8(11)12)4-3-5-9-7(2)10/h1,3-5H2,2H3,(H,9,10)(H,11,12). The lowest BCUT2D eigenvalue weighted by molar-refractivity contribution is -0.132. The maximum absolute atomic E-state index is 10.4. The van der Waals surface area contributed by atoms with Gasteiger partial charge < -0.3 is 10.4 Å². The van der Waals surface area contributed by atoms with E-state index < -0.39 is 5.97 Å². The molecule has 4 heteroatoms. The molecular formula is C8H13NO3. The Balaban J connectivity index is 3.38. The van der Waals surface area contributed by atoms with Crippen molar-refractivity contribution in [3.63, 3.8) is 0 Å². The van der Waals surface area contributed by atoms with Crippen LogP contribution in [0.3, 0.4) is 0 Å². The van der Waals surface area contributed by atoms with Crippen LogP contribution in [0.25, 0.3) is 0 Å². The molecule has 0 saturated carbocycles. The molecule has 2 N–H and O–H groups in total. The zero-order valence-corrected chi connectivity index (χ0v) is 7.09. The van der Waals surface area contributed by atoms with Gasteiger partial charge in [0.25, 0.3) is 0 Å². The van der Waals surface area contributed by atoms with Crippen LogP contribution in [-0.2, 0) is 9.59 Å². The number of hydrogen-bond acceptors (Lipinski definition) is 2. The van der Waals surface area contributed by atoms with Crippen molar-refractivity contribution in [2.75, 3.05) is 6.54 Å². The van der Waals surface area contributed by atoms with Gasteiger partial charge >= 0.3 is 5.97 Å². The molecule has 68 valence electrons. The number of carbonyl (C=O) groups is 2. The van der Waals surface area contributed by atoms with Gasteiger partial charge in [-0.25, -0.2) is 4.79 Å². The third kappa shape index (κ3) is 5.46. The summed E-state index contributed by atoms with van der Waals surface area (Å²) in [6.07, 6.45) is 1.03. The lowest BCUT2D eigenvalue weighted by Gasteiger charge is -2.01. The molecule has 0 atom stereocenters. The molecule has 0 aromatic rings. The van der Waals surface area contributed by atoms with Crippen LogP contribution in [0.1, 0.15) is 19.8 Å². The molecule has 0 aliphatic rings. The number of carboxylic acid groups (broad SMARTS) is 1. The van der Waals surface area contributed by atoms with E-state index in [9.17, 15) is 9.59 Å². The van der Waals surface area contributed by atoms with E-state index in [0.717, 1.165) is 0 Å². The van der Waals surface area contributed by atoms with Gasteiger partial charge in [0.2, 0.25) is 5.91 Å². The normalized spacial score (nSPS) is 9.08. The predicted octanol–water partition coefficient (Wildman–Crippen LogP) is 0.544. The van der Waals surface area contributed by atoms with Crippen LogP contribution < -0.4 is 5.32 Å². The first kappa shape index (κ1) is 10.7. The number of hydrogen-bond donors (Lipinski definition) is 2. The molecule has 0 saturated heterocycles. The van der Waals surface area contributed by atoms with Crippen LogP contribution >= 0.6 is 0 Å². The molecule has 4 nitrogen and oxygen atoms in total. The number of aliphatic carboxylic acids is 1. The second kappa shape index (κ2) is 5.35. The number of nitrogens with one attached hydrogen (secondary N) is 1. The van der Waals surface area contributed by atoms with Gasteiger partial charge in [-0.2, -0.15) is 0 Å². The second-order valence-electron chi connectivity index (χ2n) is 2.50. The maximum Gasteiger partial charge on any atom is 0.330 e. The Kier molecular flexibility index (Phi) is 4.76. The van der Waals surface area contributed by atoms with Crippen molar-refractivity contribution < 1.29 is 14.7 Å². The van der Waals surface area contributed by atoms with Crippen molar-refractivity contribution >= 4 is 11.9 Å². The highest BCUT2D eigenvalue weighted by molar-refractivity contribution is 5.85. The SMILES string of the molecule is C=C(CCCNC(C)=O)C(=O)O. The number of rotatable bonds is 5. The fourth-order valence-electron chi connectivity index (χ4n) is 0.673. The van der Waals surface area contributed by atoms with Crippen LogP contribution in [0.15, 0.2) is 12.2 Å². The zero-order chi connectivity index (χ0) is 9.56. The number of carbonyl (C=O) groups excluding carboxylic acids is 1. The van der Waals surface area contributed by atoms with Crippen LogP contribution in [0.5, 0.6) is 0 Å². The summed E-state index contributed by atoms with van der Waals surface area (Å²) in [5.41, 5.74) is 0.181. The van der Waals surface area contributed by atoms with Gasteiger partial charge in [-0.05, 0) is 12.8 Å². The van der Waals surface area contributed by atoms with E-state index in [2.05, 4.69) is 11.9 Å². The Morgan fingerprint density at radius 2 is 2.08 bits per heavy atom. The molecule has 0 radical (unpaired) electrons. The van der Waals surface area contributed by atoms with E-state index in [-0.39, 0.29) is 11.5 Å². The van der Waals surface area contributed by atoms with Crippen LogP contribution in [0.2, 0.25) is 0 Å². The van der Waals surface area contributed by atoms with Crippen molar-refractivity contribution in [2.45, 2.75) is 19.8 Å². The van der Waals surface area contributed by atoms with Gasteiger partial charge in [-0.1, -0.05) is 6.58 Å². The predicted molar refractivity (Wildman–Crippen MR) is 44.7 cm³/mol. The molecule has 0 unspecified atom stereocenters. The Morgan fingerprint density at radius 3 is 2.50 bits per heavy atom. The minimum absolute atomic E-state index is 0.101. The monoisotopic (exact) mass is 171 g/mol. The fraction of sp³-hybridized carbons (Fsp3) is 0.500. The molecule has 0 bridgehead atoms. The Bertz CT molecular complexity index is 198. The van der Waals surface area contributed by atoms with Gasteiger partial charge in [0.1, 0.15) is 0 Å². The molecule has 12 heavy (non-hydrogen) atoms. The average molecular weight is 171 g/mol. The summed E-state index contributed by atoms with van der Waals surface area (Å²) in [5.74, 6) is -1.08. The highest BCUT2D eigenvalue weighted by atomic mass is 16.4. The average Bonchev–Trinajstić information content (AvgIpc) is 1.97. The smallest absolute Gasteiger partial charge is 0.330 e. The summed E-state index contributed by atoms with van der Waals surface area (Å²) in [6.45, 7) is 5.28. The molecule has 0 spiro atoms. The van der Waals surface area contributed by atoms with E-state index in [4.69, 9.17) is 5.11 Å². The Hall–Kier alpha value is -1.32. The molecule has 1 amide bonds. The maximum atomic E-state index is 10.4. The van der Waals surface area contributed by atoms with Gasteiger partial charge in [-0.15, -0.1) is 0 Å². The van der Waals surface area contributed by atoms with E-state index in [1.54, 1.807) is 0 Å². The molecular weight excluding hydrogens is 158 g/mol. The van der Waals surface area contributed by atoms with E-state index >= 15 is 0 Å². The third-order valence-electron chi connectivity index (χ3n) is 1.33. The first-order valence-corrected chi connectivity index (χ1v) is 3.69. The molecule has 0 fully saturated rings. The summed E-state index contributed by atoms with van der Waals surface area (Å²) >= 11 is 0. The molecule has 0 aromatic heterocycles. The minimum Gasteiger partial charge on any atom is -0.478 e. The van der Waals surface area contributed by atoms with Crippen molar-refractivity contribution in [3.8, 4) is 0 Å². The van der Waals surface area contributed by atoms with Crippen molar-refractivity contribution in [2.24, 2.45) is 0 Å². The molecule has 0 rings (SSSR count). The lowest BCUT2D eigenvalue weighted by Crippen LogP contribution is -2.21. The van der Waals surface area contributed by atoms with Crippen LogP contribution in [0.4, 0.5) is 0 Å². The molecule has 0 aromatic carbocycles. The van der Waals surface area contributed by atoms with Crippen molar-refractivity contribution in [1.82, 2.24) is 5.32 Å². The Labute approximate surface area is 71.3 Å². The largest absolute Gasteiger partial charge is 0.478 e. The first-order chi connectivity index (χ1) is 5.54. The van der Waals surface area contributed by atoms with E-state index in [1.165, 1.54) is 6.92 Å². The van der Waals surface area contributed by atoms with Crippen LogP contribution in [-0.4, -0.2) is 23.5 Å². The first-order valence-electron chi connectivity index (χ1n) is 3.69. The quantitative estimate of drug-likeness (QED) is 0.468. The van der Waals surface area contributed by atoms with Gasteiger partial charge in [0.05, 0.1) is 0 Å². The van der Waals surface area contributed by atoms with E-state index in [0.29, 0.717) is 19.4 Å². The van der Waals surface area contributed by atoms with Crippen molar-refractivity contribution in [3.05, 3.63) is 12.2 Å². The highest BCUT2D eigenvalue weighted by Gasteiger charge is 2.02. The lowest BCUT2D eigenvalue weighted by atomic mass is 10.2. The van der Waals surface area contributed by atoms with Gasteiger partial charge in [-0.3, -0.25) is 4.79 Å². The highest BCUT2D eigenvalue weighted by Crippen LogP contribution is 2.00. The fourth-order valence-corrected chi connectivity index (χ4v) is 0.673. The number of carboxylic acids is 1. The molecule has 0 aliphatic heterocycles. The van der Waals surface area contributed by atoms with Gasteiger partial charge in [0.15, 0.2) is 0 Å². The summed E-state index contributed by atoms with van der Waals surface area (Å²) < 4.78 is 0. The molecule has 0 aliphatic carbocycles.